The number of aromatic amines is 2. The molecule has 2 aliphatic carbocycles. The number of benzene rings is 3. The van der Waals surface area contributed by atoms with Gasteiger partial charge in [0.05, 0.1) is 24.9 Å². The average Bonchev–Trinajstić information content (AvgIpc) is 3.72. The smallest absolute Gasteiger partial charge is 0.142 e. The van der Waals surface area contributed by atoms with Crippen molar-refractivity contribution in [1.29, 1.82) is 0 Å². The van der Waals surface area contributed by atoms with E-state index in [-0.39, 0.29) is 0 Å². The van der Waals surface area contributed by atoms with Crippen molar-refractivity contribution in [1.82, 2.24) is 19.8 Å². The Balaban J connectivity index is 0.825. The van der Waals surface area contributed by atoms with Crippen molar-refractivity contribution in [3.05, 3.63) is 96.3 Å². The lowest BCUT2D eigenvalue weighted by molar-refractivity contribution is 0.0290. The second-order valence-electron chi connectivity index (χ2n) is 14.9. The van der Waals surface area contributed by atoms with Crippen molar-refractivity contribution in [3.8, 4) is 5.75 Å². The second-order valence-corrected chi connectivity index (χ2v) is 14.9. The van der Waals surface area contributed by atoms with Crippen molar-refractivity contribution in [2.75, 3.05) is 38.2 Å². The van der Waals surface area contributed by atoms with Crippen LogP contribution in [0.3, 0.4) is 0 Å². The molecule has 0 atom stereocenters. The highest BCUT2D eigenvalue weighted by Crippen LogP contribution is 2.43. The third-order valence-electron chi connectivity index (χ3n) is 12.5. The molecule has 2 N–H and O–H groups in total. The molecule has 4 heterocycles. The first-order valence-electron chi connectivity index (χ1n) is 18.2. The molecule has 244 valence electrons. The highest BCUT2D eigenvalue weighted by molar-refractivity contribution is 5.84. The molecule has 2 saturated carbocycles. The van der Waals surface area contributed by atoms with Crippen LogP contribution in [0.15, 0.2) is 85.2 Å². The number of hydrogen-bond acceptors (Lipinski definition) is 4. The first-order valence-corrected chi connectivity index (χ1v) is 18.2. The van der Waals surface area contributed by atoms with Crippen LogP contribution in [0.5, 0.6) is 5.75 Å². The third kappa shape index (κ3) is 5.34. The van der Waals surface area contributed by atoms with Gasteiger partial charge in [-0.2, -0.15) is 0 Å². The fraction of sp³-hybridized carbons (Fsp3) is 0.463. The molecule has 2 saturated heterocycles. The number of anilines is 1. The first kappa shape index (κ1) is 29.4. The van der Waals surface area contributed by atoms with Crippen LogP contribution in [0.2, 0.25) is 0 Å². The van der Waals surface area contributed by atoms with Crippen LogP contribution >= 0.6 is 0 Å². The first-order chi connectivity index (χ1) is 23.2. The molecule has 6 heteroatoms. The van der Waals surface area contributed by atoms with Gasteiger partial charge in [0, 0.05) is 72.5 Å². The summed E-state index contributed by atoms with van der Waals surface area (Å²) in [6, 6.07) is 28.9. The van der Waals surface area contributed by atoms with E-state index in [1.54, 1.807) is 0 Å². The number of aromatic nitrogens is 2. The van der Waals surface area contributed by atoms with Crippen LogP contribution in [0.25, 0.3) is 21.8 Å². The van der Waals surface area contributed by atoms with Crippen LogP contribution in [-0.4, -0.2) is 77.2 Å². The van der Waals surface area contributed by atoms with Gasteiger partial charge >= 0.3 is 0 Å². The minimum atomic E-state index is 0.558. The summed E-state index contributed by atoms with van der Waals surface area (Å²) in [7, 11) is 1.83. The van der Waals surface area contributed by atoms with E-state index in [0.29, 0.717) is 23.9 Å². The van der Waals surface area contributed by atoms with Gasteiger partial charge in [0.2, 0.25) is 0 Å². The van der Waals surface area contributed by atoms with Crippen molar-refractivity contribution < 1.29 is 4.74 Å². The minimum absolute atomic E-state index is 0.558. The molecule has 5 aromatic rings. The number of nitrogens with one attached hydrogen (secondary N) is 2. The number of hydrogen-bond donors (Lipinski definition) is 2. The van der Waals surface area contributed by atoms with Crippen molar-refractivity contribution in [2.24, 2.45) is 0 Å². The molecule has 4 fully saturated rings. The Labute approximate surface area is 279 Å². The third-order valence-corrected chi connectivity index (χ3v) is 12.5. The number of para-hydroxylation sites is 4. The highest BCUT2D eigenvalue weighted by atomic mass is 16.5. The SMILES string of the molecule is COc1ccccc1N(C1CN([C@H]2CC[C@H](c3c[nH]c4ccccc43)CC2)C1)C1CN([C@H]2CC[C@H](c3c[nH]c4ccccc43)CC2)C1. The highest BCUT2D eigenvalue weighted by Gasteiger charge is 2.45. The zero-order valence-electron chi connectivity index (χ0n) is 27.8. The van der Waals surface area contributed by atoms with E-state index in [1.165, 1.54) is 116 Å². The zero-order chi connectivity index (χ0) is 31.3. The average molecular weight is 628 g/mol. The molecule has 0 radical (unpaired) electrons. The van der Waals surface area contributed by atoms with Gasteiger partial charge in [0.15, 0.2) is 0 Å². The topological polar surface area (TPSA) is 50.5 Å². The van der Waals surface area contributed by atoms with E-state index < -0.39 is 0 Å². The molecule has 0 amide bonds. The molecular weight excluding hydrogens is 578 g/mol. The summed E-state index contributed by atoms with van der Waals surface area (Å²) in [6.45, 7) is 4.69. The Morgan fingerprint density at radius 2 is 1.02 bits per heavy atom. The van der Waals surface area contributed by atoms with Gasteiger partial charge in [0.1, 0.15) is 5.75 Å². The van der Waals surface area contributed by atoms with Gasteiger partial charge in [-0.1, -0.05) is 48.5 Å². The molecule has 2 aliphatic heterocycles. The van der Waals surface area contributed by atoms with Gasteiger partial charge in [-0.25, -0.2) is 0 Å². The fourth-order valence-electron chi connectivity index (χ4n) is 9.83. The Hall–Kier alpha value is -3.74. The molecule has 0 bridgehead atoms. The Morgan fingerprint density at radius 3 is 1.51 bits per heavy atom. The maximum absolute atomic E-state index is 5.93. The fourth-order valence-corrected chi connectivity index (χ4v) is 9.83. The Kier molecular flexibility index (Phi) is 7.74. The zero-order valence-corrected chi connectivity index (χ0v) is 27.8. The van der Waals surface area contributed by atoms with Crippen LogP contribution < -0.4 is 9.64 Å². The molecule has 47 heavy (non-hydrogen) atoms. The molecule has 0 unspecified atom stereocenters. The lowest BCUT2D eigenvalue weighted by Gasteiger charge is -2.57. The van der Waals surface area contributed by atoms with Crippen LogP contribution in [-0.2, 0) is 0 Å². The summed E-state index contributed by atoms with van der Waals surface area (Å²) < 4.78 is 5.93. The molecule has 3 aromatic carbocycles. The van der Waals surface area contributed by atoms with Crippen LogP contribution in [0, 0.1) is 0 Å². The van der Waals surface area contributed by atoms with E-state index >= 15 is 0 Å². The number of methoxy groups -OCH3 is 1. The molecule has 9 rings (SSSR count). The molecule has 2 aromatic heterocycles. The van der Waals surface area contributed by atoms with Gasteiger partial charge in [-0.15, -0.1) is 0 Å². The standard InChI is InChI=1S/C41H49N5O/c1-47-41-13-7-6-12-40(41)46(32-24-44(25-32)30-18-14-28(15-19-30)36-22-42-38-10-4-2-8-34(36)38)33-26-45(27-33)31-20-16-29(17-21-31)37-23-43-39-11-5-3-9-35(37)39/h2-13,22-23,28-33,42-43H,14-21,24-27H2,1H3/t28-,29-,30-,31-. The number of likely N-dealkylation sites (tertiary alicyclic amines) is 2. The molecule has 4 aliphatic rings. The Bertz CT molecular complexity index is 1700. The van der Waals surface area contributed by atoms with Crippen molar-refractivity contribution in [3.63, 3.8) is 0 Å². The summed E-state index contributed by atoms with van der Waals surface area (Å²) >= 11 is 0. The largest absolute Gasteiger partial charge is 0.495 e. The maximum Gasteiger partial charge on any atom is 0.142 e. The van der Waals surface area contributed by atoms with Gasteiger partial charge in [-0.3, -0.25) is 9.80 Å². The summed E-state index contributed by atoms with van der Waals surface area (Å²) in [5, 5.41) is 2.84. The monoisotopic (exact) mass is 627 g/mol. The van der Waals surface area contributed by atoms with Gasteiger partial charge in [-0.05, 0) is 98.6 Å². The van der Waals surface area contributed by atoms with E-state index in [1.807, 2.05) is 7.11 Å². The number of fused-ring (bicyclic) bond motifs is 2. The van der Waals surface area contributed by atoms with Crippen LogP contribution in [0.1, 0.15) is 74.3 Å². The van der Waals surface area contributed by atoms with E-state index in [0.717, 1.165) is 17.8 Å². The van der Waals surface area contributed by atoms with E-state index in [9.17, 15) is 0 Å². The number of H-pyrrole nitrogens is 2. The summed E-state index contributed by atoms with van der Waals surface area (Å²) in [6.07, 6.45) is 15.0. The number of rotatable bonds is 8. The van der Waals surface area contributed by atoms with Crippen molar-refractivity contribution in [2.45, 2.75) is 87.4 Å². The summed E-state index contributed by atoms with van der Waals surface area (Å²) in [4.78, 5) is 15.4. The molecule has 6 nitrogen and oxygen atoms in total. The van der Waals surface area contributed by atoms with Gasteiger partial charge in [0.25, 0.3) is 0 Å². The Morgan fingerprint density at radius 1 is 0.574 bits per heavy atom. The van der Waals surface area contributed by atoms with Gasteiger partial charge < -0.3 is 19.6 Å². The quantitative estimate of drug-likeness (QED) is 0.182. The maximum atomic E-state index is 5.93. The van der Waals surface area contributed by atoms with E-state index in [2.05, 4.69) is 110 Å². The lowest BCUT2D eigenvalue weighted by atomic mass is 9.79. The summed E-state index contributed by atoms with van der Waals surface area (Å²) in [5.74, 6) is 2.38. The van der Waals surface area contributed by atoms with Crippen LogP contribution in [0.4, 0.5) is 5.69 Å². The lowest BCUT2D eigenvalue weighted by Crippen LogP contribution is -2.71. The van der Waals surface area contributed by atoms with E-state index in [4.69, 9.17) is 4.74 Å². The predicted molar refractivity (Wildman–Crippen MR) is 193 cm³/mol. The number of ether oxygens (including phenoxy) is 1. The minimum Gasteiger partial charge on any atom is -0.495 e. The molecule has 0 spiro atoms. The second kappa shape index (κ2) is 12.4. The number of nitrogens with zero attached hydrogens (tertiary/aromatic N) is 3. The molecular formula is C41H49N5O. The predicted octanol–water partition coefficient (Wildman–Crippen LogP) is 8.29. The normalized spacial score (nSPS) is 26.3. The van der Waals surface area contributed by atoms with Crippen molar-refractivity contribution >= 4 is 27.5 Å². The summed E-state index contributed by atoms with van der Waals surface area (Å²) in [5.41, 5.74) is 6.90.